The summed E-state index contributed by atoms with van der Waals surface area (Å²) in [4.78, 5) is 0. The average Bonchev–Trinajstić information content (AvgIpc) is 2.19. The van der Waals surface area contributed by atoms with E-state index in [1.807, 2.05) is 0 Å². The molecule has 1 rings (SSSR count). The summed E-state index contributed by atoms with van der Waals surface area (Å²) in [6, 6.07) is 4.27. The van der Waals surface area contributed by atoms with E-state index in [4.69, 9.17) is 9.47 Å². The Bertz CT molecular complexity index is 350. The number of ether oxygens (including phenoxy) is 3. The summed E-state index contributed by atoms with van der Waals surface area (Å²) in [7, 11) is 1.26. The van der Waals surface area contributed by atoms with E-state index in [1.54, 1.807) is 6.92 Å². The van der Waals surface area contributed by atoms with E-state index in [-0.39, 0.29) is 18.1 Å². The van der Waals surface area contributed by atoms with Gasteiger partial charge in [0.2, 0.25) is 5.75 Å². The van der Waals surface area contributed by atoms with E-state index in [0.29, 0.717) is 0 Å². The Balaban J connectivity index is 3.09. The summed E-state index contributed by atoms with van der Waals surface area (Å²) in [6.07, 6.45) is -4.78. The third-order valence-corrected chi connectivity index (χ3v) is 1.68. The minimum Gasteiger partial charge on any atom is -0.493 e. The van der Waals surface area contributed by atoms with Crippen molar-refractivity contribution in [2.45, 2.75) is 13.3 Å². The molecule has 0 atom stereocenters. The van der Waals surface area contributed by atoms with Gasteiger partial charge in [0.15, 0.2) is 11.5 Å². The van der Waals surface area contributed by atoms with Crippen LogP contribution in [0.25, 0.3) is 0 Å². The molecule has 0 aromatic heterocycles. The van der Waals surface area contributed by atoms with E-state index in [1.165, 1.54) is 25.3 Å². The van der Waals surface area contributed by atoms with Crippen LogP contribution in [0, 0.1) is 0 Å². The zero-order chi connectivity index (χ0) is 12.2. The second kappa shape index (κ2) is 4.96. The number of para-hydroxylation sites is 1. The van der Waals surface area contributed by atoms with E-state index < -0.39 is 12.1 Å². The summed E-state index contributed by atoms with van der Waals surface area (Å²) in [5.74, 6) is -0.484. The fourth-order valence-electron chi connectivity index (χ4n) is 1.14. The molecule has 1 aromatic rings. The largest absolute Gasteiger partial charge is 0.573 e. The van der Waals surface area contributed by atoms with Gasteiger partial charge in [0.1, 0.15) is 0 Å². The van der Waals surface area contributed by atoms with Gasteiger partial charge in [-0.3, -0.25) is 0 Å². The van der Waals surface area contributed by atoms with E-state index in [0.717, 1.165) is 0 Å². The van der Waals surface area contributed by atoms with Crippen molar-refractivity contribution in [2.24, 2.45) is 0 Å². The van der Waals surface area contributed by atoms with Gasteiger partial charge in [0.25, 0.3) is 0 Å². The second-order valence-corrected chi connectivity index (χ2v) is 2.77. The molecule has 0 aliphatic heterocycles. The summed E-state index contributed by atoms with van der Waals surface area (Å²) >= 11 is 0. The molecule has 0 saturated heterocycles. The third-order valence-electron chi connectivity index (χ3n) is 1.68. The molecule has 0 unspecified atom stereocenters. The lowest BCUT2D eigenvalue weighted by Gasteiger charge is -2.15. The molecular weight excluding hydrogens is 225 g/mol. The predicted molar refractivity (Wildman–Crippen MR) is 50.8 cm³/mol. The minimum absolute atomic E-state index is 0.000764. The number of hydrogen-bond acceptors (Lipinski definition) is 3. The van der Waals surface area contributed by atoms with Crippen LogP contribution in [0.2, 0.25) is 0 Å². The Morgan fingerprint density at radius 2 is 1.81 bits per heavy atom. The van der Waals surface area contributed by atoms with Crippen LogP contribution in [-0.2, 0) is 0 Å². The number of alkyl halides is 3. The Kier molecular flexibility index (Phi) is 3.87. The monoisotopic (exact) mass is 236 g/mol. The normalized spacial score (nSPS) is 11.1. The fourth-order valence-corrected chi connectivity index (χ4v) is 1.14. The zero-order valence-corrected chi connectivity index (χ0v) is 8.80. The maximum absolute atomic E-state index is 12.1. The van der Waals surface area contributed by atoms with Crippen LogP contribution in [0.1, 0.15) is 6.92 Å². The quantitative estimate of drug-likeness (QED) is 0.804. The standard InChI is InChI=1S/C10H11F3O3/c1-3-15-8-6-4-5-7(14-2)9(8)16-10(11,12)13/h4-6H,3H2,1-2H3. The van der Waals surface area contributed by atoms with Crippen LogP contribution in [-0.4, -0.2) is 20.1 Å². The van der Waals surface area contributed by atoms with E-state index in [2.05, 4.69) is 4.74 Å². The van der Waals surface area contributed by atoms with E-state index in [9.17, 15) is 13.2 Å². The van der Waals surface area contributed by atoms with Crippen molar-refractivity contribution in [3.05, 3.63) is 18.2 Å². The topological polar surface area (TPSA) is 27.7 Å². The number of rotatable bonds is 4. The van der Waals surface area contributed by atoms with Gasteiger partial charge < -0.3 is 14.2 Å². The van der Waals surface area contributed by atoms with Crippen LogP contribution >= 0.6 is 0 Å². The summed E-state index contributed by atoms with van der Waals surface area (Å²) in [5.41, 5.74) is 0. The molecule has 3 nitrogen and oxygen atoms in total. The lowest BCUT2D eigenvalue weighted by molar-refractivity contribution is -0.275. The lowest BCUT2D eigenvalue weighted by atomic mass is 10.3. The first-order valence-electron chi connectivity index (χ1n) is 4.53. The lowest BCUT2D eigenvalue weighted by Crippen LogP contribution is -2.18. The predicted octanol–water partition coefficient (Wildman–Crippen LogP) is 2.99. The molecule has 16 heavy (non-hydrogen) atoms. The zero-order valence-electron chi connectivity index (χ0n) is 8.80. The maximum Gasteiger partial charge on any atom is 0.573 e. The van der Waals surface area contributed by atoms with Gasteiger partial charge in [0, 0.05) is 0 Å². The highest BCUT2D eigenvalue weighted by Gasteiger charge is 2.34. The third kappa shape index (κ3) is 3.22. The fraction of sp³-hybridized carbons (Fsp3) is 0.400. The molecule has 0 fully saturated rings. The summed E-state index contributed by atoms with van der Waals surface area (Å²) in [5, 5.41) is 0. The molecule has 0 heterocycles. The average molecular weight is 236 g/mol. The molecular formula is C10H11F3O3. The van der Waals surface area contributed by atoms with Gasteiger partial charge in [-0.15, -0.1) is 13.2 Å². The summed E-state index contributed by atoms with van der Waals surface area (Å²) < 4.78 is 50.1. The molecule has 0 amide bonds. The van der Waals surface area contributed by atoms with Crippen molar-refractivity contribution in [1.29, 1.82) is 0 Å². The van der Waals surface area contributed by atoms with Gasteiger partial charge in [-0.05, 0) is 19.1 Å². The number of halogens is 3. The van der Waals surface area contributed by atoms with E-state index >= 15 is 0 Å². The maximum atomic E-state index is 12.1. The highest BCUT2D eigenvalue weighted by atomic mass is 19.4. The van der Waals surface area contributed by atoms with Gasteiger partial charge in [0.05, 0.1) is 13.7 Å². The van der Waals surface area contributed by atoms with Crippen LogP contribution in [0.4, 0.5) is 13.2 Å². The van der Waals surface area contributed by atoms with Crippen LogP contribution in [0.15, 0.2) is 18.2 Å². The Morgan fingerprint density at radius 3 is 2.31 bits per heavy atom. The van der Waals surface area contributed by atoms with Gasteiger partial charge in [-0.25, -0.2) is 0 Å². The molecule has 0 aliphatic rings. The molecule has 0 N–H and O–H groups in total. The van der Waals surface area contributed by atoms with Crippen molar-refractivity contribution in [3.8, 4) is 17.2 Å². The first-order chi connectivity index (χ1) is 7.48. The Morgan fingerprint density at radius 1 is 1.19 bits per heavy atom. The molecule has 0 radical (unpaired) electrons. The number of methoxy groups -OCH3 is 1. The second-order valence-electron chi connectivity index (χ2n) is 2.77. The summed E-state index contributed by atoms with van der Waals surface area (Å²) in [6.45, 7) is 1.90. The molecule has 0 aliphatic carbocycles. The number of benzene rings is 1. The molecule has 90 valence electrons. The highest BCUT2D eigenvalue weighted by molar-refractivity contribution is 5.51. The first kappa shape index (κ1) is 12.5. The molecule has 1 aromatic carbocycles. The van der Waals surface area contributed by atoms with Crippen LogP contribution in [0.5, 0.6) is 17.2 Å². The Hall–Kier alpha value is -1.59. The highest BCUT2D eigenvalue weighted by Crippen LogP contribution is 2.40. The van der Waals surface area contributed by atoms with Crippen molar-refractivity contribution in [3.63, 3.8) is 0 Å². The van der Waals surface area contributed by atoms with Crippen LogP contribution < -0.4 is 14.2 Å². The number of hydrogen-bond donors (Lipinski definition) is 0. The molecule has 0 spiro atoms. The van der Waals surface area contributed by atoms with Crippen LogP contribution in [0.3, 0.4) is 0 Å². The van der Waals surface area contributed by atoms with Gasteiger partial charge in [-0.1, -0.05) is 6.07 Å². The molecule has 0 bridgehead atoms. The van der Waals surface area contributed by atoms with Crippen molar-refractivity contribution >= 4 is 0 Å². The SMILES string of the molecule is CCOc1cccc(OC)c1OC(F)(F)F. The first-order valence-corrected chi connectivity index (χ1v) is 4.53. The van der Waals surface area contributed by atoms with Gasteiger partial charge in [-0.2, -0.15) is 0 Å². The smallest absolute Gasteiger partial charge is 0.493 e. The van der Waals surface area contributed by atoms with Crippen molar-refractivity contribution < 1.29 is 27.4 Å². The molecule has 6 heteroatoms. The molecule has 0 saturated carbocycles. The van der Waals surface area contributed by atoms with Crippen molar-refractivity contribution in [1.82, 2.24) is 0 Å². The minimum atomic E-state index is -4.78. The Labute approximate surface area is 90.7 Å². The van der Waals surface area contributed by atoms with Gasteiger partial charge >= 0.3 is 6.36 Å². The van der Waals surface area contributed by atoms with Crippen molar-refractivity contribution in [2.75, 3.05) is 13.7 Å².